The number of phenolic OH excluding ortho intramolecular Hbond substituents is 1. The molecule has 1 amide bonds. The number of thiazole rings is 1. The van der Waals surface area contributed by atoms with Crippen LogP contribution in [0.1, 0.15) is 5.01 Å². The van der Waals surface area contributed by atoms with Gasteiger partial charge in [0.2, 0.25) is 0 Å². The van der Waals surface area contributed by atoms with Crippen molar-refractivity contribution in [1.29, 1.82) is 0 Å². The number of hydrogen-bond acceptors (Lipinski definition) is 7. The van der Waals surface area contributed by atoms with Crippen molar-refractivity contribution in [3.8, 4) is 11.5 Å². The largest absolute Gasteiger partial charge is 0.508 e. The first-order chi connectivity index (χ1) is 16.7. The van der Waals surface area contributed by atoms with Crippen LogP contribution in [0.5, 0.6) is 11.5 Å². The Labute approximate surface area is 204 Å². The van der Waals surface area contributed by atoms with E-state index < -0.39 is 21.6 Å². The lowest BCUT2D eigenvalue weighted by molar-refractivity contribution is -0.118. The third kappa shape index (κ3) is 8.47. The molecular formula is C24H20F2N2O5S2. The molecule has 1 heterocycles. The van der Waals surface area contributed by atoms with Crippen LogP contribution < -0.4 is 10.1 Å². The molecule has 0 radical (unpaired) electrons. The van der Waals surface area contributed by atoms with E-state index in [0.29, 0.717) is 16.4 Å². The van der Waals surface area contributed by atoms with Gasteiger partial charge in [0.25, 0.3) is 5.91 Å². The number of rotatable bonds is 7. The molecule has 0 saturated heterocycles. The van der Waals surface area contributed by atoms with Crippen LogP contribution in [0, 0.1) is 11.6 Å². The zero-order valence-corrected chi connectivity index (χ0v) is 19.7. The van der Waals surface area contributed by atoms with Crippen molar-refractivity contribution in [3.63, 3.8) is 0 Å². The van der Waals surface area contributed by atoms with E-state index in [2.05, 4.69) is 10.3 Å². The molecule has 0 aliphatic carbocycles. The number of ether oxygens (including phenoxy) is 1. The lowest BCUT2D eigenvalue weighted by Crippen LogP contribution is -2.20. The van der Waals surface area contributed by atoms with Crippen molar-refractivity contribution < 1.29 is 31.8 Å². The highest BCUT2D eigenvalue weighted by Crippen LogP contribution is 2.20. The average molecular weight is 519 g/mol. The number of amides is 1. The normalized spacial score (nSPS) is 10.7. The van der Waals surface area contributed by atoms with E-state index in [4.69, 9.17) is 9.84 Å². The second-order valence-corrected chi connectivity index (χ2v) is 9.95. The lowest BCUT2D eigenvalue weighted by Gasteiger charge is -2.08. The van der Waals surface area contributed by atoms with Crippen LogP contribution >= 0.6 is 11.3 Å². The molecule has 4 rings (SSSR count). The van der Waals surface area contributed by atoms with E-state index >= 15 is 0 Å². The molecule has 4 aromatic rings. The summed E-state index contributed by atoms with van der Waals surface area (Å²) in [6, 6.07) is 16.2. The van der Waals surface area contributed by atoms with Crippen molar-refractivity contribution in [2.24, 2.45) is 0 Å². The molecule has 0 fully saturated rings. The number of anilines is 1. The van der Waals surface area contributed by atoms with Crippen LogP contribution in [-0.2, 0) is 20.4 Å². The first-order valence-corrected chi connectivity index (χ1v) is 12.6. The Hall–Kier alpha value is -3.83. The van der Waals surface area contributed by atoms with E-state index in [1.54, 1.807) is 11.6 Å². The van der Waals surface area contributed by atoms with E-state index in [9.17, 15) is 22.0 Å². The fourth-order valence-corrected chi connectivity index (χ4v) is 4.89. The number of sulfone groups is 1. The Morgan fingerprint density at radius 1 is 0.943 bits per heavy atom. The van der Waals surface area contributed by atoms with Crippen molar-refractivity contribution in [3.05, 3.63) is 101 Å². The van der Waals surface area contributed by atoms with Gasteiger partial charge in [0.05, 0.1) is 4.90 Å². The third-order valence-corrected chi connectivity index (χ3v) is 6.91. The number of phenols is 1. The Bertz CT molecular complexity index is 1310. The first-order valence-electron chi connectivity index (χ1n) is 10.1. The zero-order chi connectivity index (χ0) is 25.3. The summed E-state index contributed by atoms with van der Waals surface area (Å²) in [4.78, 5) is 16.0. The van der Waals surface area contributed by atoms with E-state index in [-0.39, 0.29) is 28.8 Å². The van der Waals surface area contributed by atoms with Gasteiger partial charge >= 0.3 is 0 Å². The van der Waals surface area contributed by atoms with Gasteiger partial charge in [-0.15, -0.1) is 11.3 Å². The zero-order valence-electron chi connectivity index (χ0n) is 18.1. The van der Waals surface area contributed by atoms with Crippen LogP contribution in [-0.4, -0.2) is 31.0 Å². The molecule has 11 heteroatoms. The minimum Gasteiger partial charge on any atom is -0.508 e. The molecule has 2 N–H and O–H groups in total. The standard InChI is InChI=1S/C18H15FN2O4S2.C6H5FO/c19-13-1-5-15(6-2-13)25-11-17(22)21-14-3-7-16(8-4-14)27(23,24)12-18-20-9-10-26-18;7-5-1-3-6(8)4-2-5/h1-10H,11-12H2,(H,21,22);1-4,8H. The van der Waals surface area contributed by atoms with Gasteiger partial charge in [-0.25, -0.2) is 22.2 Å². The Balaban J connectivity index is 0.000000363. The molecule has 0 saturated carbocycles. The summed E-state index contributed by atoms with van der Waals surface area (Å²) in [5.74, 6) is -0.846. The maximum absolute atomic E-state index is 12.8. The lowest BCUT2D eigenvalue weighted by atomic mass is 10.3. The molecule has 0 atom stereocenters. The van der Waals surface area contributed by atoms with Crippen molar-refractivity contribution in [2.45, 2.75) is 10.6 Å². The minimum absolute atomic E-state index is 0.0893. The molecule has 1 aromatic heterocycles. The minimum atomic E-state index is -3.50. The smallest absolute Gasteiger partial charge is 0.262 e. The van der Waals surface area contributed by atoms with Gasteiger partial charge in [-0.05, 0) is 72.8 Å². The van der Waals surface area contributed by atoms with Crippen molar-refractivity contribution in [2.75, 3.05) is 11.9 Å². The number of carbonyl (C=O) groups is 1. The second kappa shape index (κ2) is 12.0. The summed E-state index contributed by atoms with van der Waals surface area (Å²) in [5.41, 5.74) is 0.441. The van der Waals surface area contributed by atoms with Crippen LogP contribution in [0.15, 0.2) is 89.3 Å². The number of aromatic nitrogens is 1. The second-order valence-electron chi connectivity index (χ2n) is 6.98. The molecule has 0 unspecified atom stereocenters. The van der Waals surface area contributed by atoms with E-state index in [1.165, 1.54) is 84.1 Å². The van der Waals surface area contributed by atoms with Crippen LogP contribution in [0.4, 0.5) is 14.5 Å². The molecular weight excluding hydrogens is 498 g/mol. The highest BCUT2D eigenvalue weighted by molar-refractivity contribution is 7.90. The molecule has 0 spiro atoms. The van der Waals surface area contributed by atoms with Gasteiger partial charge in [0.1, 0.15) is 33.9 Å². The van der Waals surface area contributed by atoms with E-state index in [0.717, 1.165) is 0 Å². The third-order valence-electron chi connectivity index (χ3n) is 4.30. The Morgan fingerprint density at radius 3 is 2.09 bits per heavy atom. The summed E-state index contributed by atoms with van der Waals surface area (Å²) in [7, 11) is -3.50. The number of benzene rings is 3. The Kier molecular flexibility index (Phi) is 8.87. The molecule has 0 aliphatic rings. The van der Waals surface area contributed by atoms with Gasteiger partial charge in [-0.2, -0.15) is 0 Å². The van der Waals surface area contributed by atoms with Crippen molar-refractivity contribution >= 4 is 32.8 Å². The number of aromatic hydroxyl groups is 1. The van der Waals surface area contributed by atoms with Crippen LogP contribution in [0.3, 0.4) is 0 Å². The maximum atomic E-state index is 12.8. The van der Waals surface area contributed by atoms with Gasteiger partial charge in [0.15, 0.2) is 16.4 Å². The number of nitrogens with one attached hydrogen (secondary N) is 1. The van der Waals surface area contributed by atoms with Gasteiger partial charge in [-0.1, -0.05) is 0 Å². The van der Waals surface area contributed by atoms with Crippen LogP contribution in [0.2, 0.25) is 0 Å². The SMILES string of the molecule is O=C(COc1ccc(F)cc1)Nc1ccc(S(=O)(=O)Cc2nccs2)cc1.Oc1ccc(F)cc1. The fourth-order valence-electron chi connectivity index (χ4n) is 2.63. The molecule has 182 valence electrons. The average Bonchev–Trinajstić information content (AvgIpc) is 3.34. The predicted octanol–water partition coefficient (Wildman–Crippen LogP) is 4.80. The highest BCUT2D eigenvalue weighted by Gasteiger charge is 2.17. The molecule has 3 aromatic carbocycles. The monoisotopic (exact) mass is 518 g/mol. The molecule has 7 nitrogen and oxygen atoms in total. The van der Waals surface area contributed by atoms with Crippen molar-refractivity contribution in [1.82, 2.24) is 4.98 Å². The summed E-state index contributed by atoms with van der Waals surface area (Å²) in [6.45, 7) is -0.254. The highest BCUT2D eigenvalue weighted by atomic mass is 32.2. The maximum Gasteiger partial charge on any atom is 0.262 e. The summed E-state index contributed by atoms with van der Waals surface area (Å²) >= 11 is 1.28. The van der Waals surface area contributed by atoms with Gasteiger partial charge in [0, 0.05) is 17.3 Å². The van der Waals surface area contributed by atoms with Crippen LogP contribution in [0.25, 0.3) is 0 Å². The molecule has 0 bridgehead atoms. The number of nitrogens with zero attached hydrogens (tertiary/aromatic N) is 1. The Morgan fingerprint density at radius 2 is 1.54 bits per heavy atom. The quantitative estimate of drug-likeness (QED) is 0.364. The first kappa shape index (κ1) is 25.8. The number of halogens is 2. The summed E-state index contributed by atoms with van der Waals surface area (Å²) < 4.78 is 54.7. The summed E-state index contributed by atoms with van der Waals surface area (Å²) in [6.07, 6.45) is 1.56. The van der Waals surface area contributed by atoms with E-state index in [1.807, 2.05) is 0 Å². The predicted molar refractivity (Wildman–Crippen MR) is 128 cm³/mol. The summed E-state index contributed by atoms with van der Waals surface area (Å²) in [5, 5.41) is 13.4. The van der Waals surface area contributed by atoms with Gasteiger partial charge < -0.3 is 15.2 Å². The molecule has 0 aliphatic heterocycles. The topological polar surface area (TPSA) is 106 Å². The van der Waals surface area contributed by atoms with Gasteiger partial charge in [-0.3, -0.25) is 4.79 Å². The fraction of sp³-hybridized carbons (Fsp3) is 0.0833. The molecule has 35 heavy (non-hydrogen) atoms. The number of carbonyl (C=O) groups excluding carboxylic acids is 1. The number of hydrogen-bond donors (Lipinski definition) is 2.